The summed E-state index contributed by atoms with van der Waals surface area (Å²) in [7, 11) is -1.58. The molecule has 0 aliphatic carbocycles. The second kappa shape index (κ2) is 8.54. The molecule has 1 heterocycles. The molecule has 0 saturated carbocycles. The third kappa shape index (κ3) is 6.62. The minimum absolute atomic E-state index is 0.0576. The van der Waals surface area contributed by atoms with E-state index in [1.165, 1.54) is 15.6 Å². The first-order chi connectivity index (χ1) is 9.85. The van der Waals surface area contributed by atoms with Crippen LogP contribution in [0.15, 0.2) is 11.4 Å². The average molecular weight is 329 g/mol. The van der Waals surface area contributed by atoms with Crippen molar-refractivity contribution in [3.05, 3.63) is 21.9 Å². The normalized spacial score (nSPS) is 11.7. The topological polar surface area (TPSA) is 57.6 Å². The Morgan fingerprint density at radius 2 is 2.14 bits per heavy atom. The Morgan fingerprint density at radius 1 is 1.43 bits per heavy atom. The van der Waals surface area contributed by atoms with Crippen LogP contribution in [0.4, 0.5) is 0 Å². The number of aliphatic hydroxyl groups excluding tert-OH is 1. The second-order valence-corrected chi connectivity index (χ2v) is 8.46. The highest BCUT2D eigenvalue weighted by molar-refractivity contribution is 7.89. The maximum Gasteiger partial charge on any atom is 0.214 e. The molecular weight excluding hydrogens is 306 g/mol. The molecule has 0 unspecified atom stereocenters. The summed E-state index contributed by atoms with van der Waals surface area (Å²) >= 11 is 1.49. The highest BCUT2D eigenvalue weighted by atomic mass is 32.2. The molecule has 0 aliphatic rings. The zero-order valence-corrected chi connectivity index (χ0v) is 14.4. The predicted octanol–water partition coefficient (Wildman–Crippen LogP) is 2.29. The highest BCUT2D eigenvalue weighted by Gasteiger charge is 2.18. The number of hydrogen-bond acceptors (Lipinski definition) is 4. The number of sulfonamides is 1. The molecule has 4 nitrogen and oxygen atoms in total. The fourth-order valence-electron chi connectivity index (χ4n) is 1.63. The van der Waals surface area contributed by atoms with Gasteiger partial charge in [0.15, 0.2) is 0 Å². The lowest BCUT2D eigenvalue weighted by molar-refractivity contribution is 0.305. The molecule has 0 aliphatic heterocycles. The van der Waals surface area contributed by atoms with Gasteiger partial charge in [-0.3, -0.25) is 0 Å². The van der Waals surface area contributed by atoms with E-state index in [0.717, 1.165) is 10.4 Å². The zero-order valence-electron chi connectivity index (χ0n) is 12.8. The lowest BCUT2D eigenvalue weighted by atomic mass is 10.2. The number of rotatable bonds is 7. The molecule has 0 radical (unpaired) electrons. The molecule has 0 aromatic carbocycles. The maximum absolute atomic E-state index is 12.1. The van der Waals surface area contributed by atoms with Crippen LogP contribution in [0.2, 0.25) is 0 Å². The lowest BCUT2D eigenvalue weighted by Crippen LogP contribution is -2.29. The van der Waals surface area contributed by atoms with Crippen LogP contribution in [-0.4, -0.2) is 37.2 Å². The zero-order chi connectivity index (χ0) is 15.9. The first-order valence-corrected chi connectivity index (χ1v) is 9.45. The van der Waals surface area contributed by atoms with E-state index in [2.05, 4.69) is 11.8 Å². The van der Waals surface area contributed by atoms with Gasteiger partial charge in [-0.15, -0.1) is 11.3 Å². The summed E-state index contributed by atoms with van der Waals surface area (Å²) in [6.07, 6.45) is 1.13. The lowest BCUT2D eigenvalue weighted by Gasteiger charge is -2.17. The van der Waals surface area contributed by atoms with Crippen molar-refractivity contribution in [2.45, 2.75) is 33.2 Å². The Bertz CT molecular complexity index is 594. The molecule has 0 saturated heterocycles. The van der Waals surface area contributed by atoms with Crippen LogP contribution in [0, 0.1) is 17.8 Å². The van der Waals surface area contributed by atoms with Crippen molar-refractivity contribution in [3.63, 3.8) is 0 Å². The van der Waals surface area contributed by atoms with Crippen molar-refractivity contribution in [1.29, 1.82) is 0 Å². The van der Waals surface area contributed by atoms with Crippen molar-refractivity contribution in [2.24, 2.45) is 5.92 Å². The van der Waals surface area contributed by atoms with E-state index in [-0.39, 0.29) is 12.4 Å². The van der Waals surface area contributed by atoms with E-state index in [4.69, 9.17) is 5.11 Å². The summed E-state index contributed by atoms with van der Waals surface area (Å²) in [5.74, 6) is 6.38. The molecule has 1 aromatic heterocycles. The Kier molecular flexibility index (Phi) is 7.40. The Hall–Kier alpha value is -0.870. The molecular formula is C15H23NO3S2. The summed E-state index contributed by atoms with van der Waals surface area (Å²) < 4.78 is 25.7. The number of thiophene rings is 1. The summed E-state index contributed by atoms with van der Waals surface area (Å²) in [6.45, 7) is 4.47. The average Bonchev–Trinajstić information content (AvgIpc) is 2.84. The third-order valence-electron chi connectivity index (χ3n) is 2.94. The molecule has 1 aromatic rings. The van der Waals surface area contributed by atoms with Gasteiger partial charge in [-0.1, -0.05) is 25.7 Å². The van der Waals surface area contributed by atoms with E-state index in [9.17, 15) is 8.42 Å². The smallest absolute Gasteiger partial charge is 0.214 e. The molecule has 0 fully saturated rings. The summed E-state index contributed by atoms with van der Waals surface area (Å²) in [6, 6.07) is 1.91. The van der Waals surface area contributed by atoms with Gasteiger partial charge < -0.3 is 5.11 Å². The molecule has 118 valence electrons. The fraction of sp³-hybridized carbons (Fsp3) is 0.600. The van der Waals surface area contributed by atoms with Crippen molar-refractivity contribution in [2.75, 3.05) is 19.4 Å². The summed E-state index contributed by atoms with van der Waals surface area (Å²) in [4.78, 5) is 0.895. The van der Waals surface area contributed by atoms with E-state index in [0.29, 0.717) is 25.3 Å². The minimum atomic E-state index is -3.20. The first kappa shape index (κ1) is 18.2. The number of hydrogen-bond donors (Lipinski definition) is 1. The van der Waals surface area contributed by atoms with E-state index in [1.807, 2.05) is 25.3 Å². The Labute approximate surface area is 131 Å². The standard InChI is InChI=1S/C15H23NO3S2/c1-13(2)7-9-21(18,19)16(3)11-14-10-15(20-12-14)6-4-5-8-17/h10,12-13,17H,5,7-9,11H2,1-3H3. The SMILES string of the molecule is CC(C)CCS(=O)(=O)N(C)Cc1csc(C#CCCO)c1. The molecule has 1 rings (SSSR count). The monoisotopic (exact) mass is 329 g/mol. The van der Waals surface area contributed by atoms with Crippen LogP contribution < -0.4 is 0 Å². The first-order valence-electron chi connectivity index (χ1n) is 6.96. The van der Waals surface area contributed by atoms with E-state index in [1.54, 1.807) is 7.05 Å². The summed E-state index contributed by atoms with van der Waals surface area (Å²) in [5.41, 5.74) is 0.948. The largest absolute Gasteiger partial charge is 0.395 e. The van der Waals surface area contributed by atoms with Crippen LogP contribution in [0.3, 0.4) is 0 Å². The van der Waals surface area contributed by atoms with Crippen LogP contribution >= 0.6 is 11.3 Å². The van der Waals surface area contributed by atoms with E-state index < -0.39 is 10.0 Å². The quantitative estimate of drug-likeness (QED) is 0.781. The van der Waals surface area contributed by atoms with Gasteiger partial charge in [0.05, 0.1) is 17.2 Å². The molecule has 0 atom stereocenters. The molecule has 0 bridgehead atoms. The Balaban J connectivity index is 2.63. The number of nitrogens with zero attached hydrogens (tertiary/aromatic N) is 1. The molecule has 0 spiro atoms. The van der Waals surface area contributed by atoms with Crippen LogP contribution in [0.5, 0.6) is 0 Å². The van der Waals surface area contributed by atoms with Gasteiger partial charge in [0, 0.05) is 20.0 Å². The van der Waals surface area contributed by atoms with Crippen molar-refractivity contribution >= 4 is 21.4 Å². The van der Waals surface area contributed by atoms with Crippen LogP contribution in [0.25, 0.3) is 0 Å². The van der Waals surface area contributed by atoms with Crippen LogP contribution in [0.1, 0.15) is 37.1 Å². The molecule has 21 heavy (non-hydrogen) atoms. The van der Waals surface area contributed by atoms with Gasteiger partial charge in [-0.05, 0) is 29.3 Å². The van der Waals surface area contributed by atoms with Crippen molar-refractivity contribution < 1.29 is 13.5 Å². The third-order valence-corrected chi connectivity index (χ3v) is 5.66. The van der Waals surface area contributed by atoms with Gasteiger partial charge in [0.2, 0.25) is 10.0 Å². The minimum Gasteiger partial charge on any atom is -0.395 e. The van der Waals surface area contributed by atoms with Crippen molar-refractivity contribution in [1.82, 2.24) is 4.31 Å². The second-order valence-electron chi connectivity index (χ2n) is 5.35. The van der Waals surface area contributed by atoms with Crippen LogP contribution in [-0.2, 0) is 16.6 Å². The van der Waals surface area contributed by atoms with Crippen molar-refractivity contribution in [3.8, 4) is 11.8 Å². The molecule has 1 N–H and O–H groups in total. The molecule has 0 amide bonds. The summed E-state index contributed by atoms with van der Waals surface area (Å²) in [5, 5.41) is 10.6. The molecule has 6 heteroatoms. The van der Waals surface area contributed by atoms with Gasteiger partial charge in [-0.25, -0.2) is 12.7 Å². The fourth-order valence-corrected chi connectivity index (χ4v) is 3.82. The predicted molar refractivity (Wildman–Crippen MR) is 87.6 cm³/mol. The maximum atomic E-state index is 12.1. The van der Waals surface area contributed by atoms with E-state index >= 15 is 0 Å². The number of aliphatic hydroxyl groups is 1. The Morgan fingerprint density at radius 3 is 2.76 bits per heavy atom. The van der Waals surface area contributed by atoms with Gasteiger partial charge in [0.1, 0.15) is 0 Å². The highest BCUT2D eigenvalue weighted by Crippen LogP contribution is 2.17. The van der Waals surface area contributed by atoms with Gasteiger partial charge >= 0.3 is 0 Å². The van der Waals surface area contributed by atoms with Gasteiger partial charge in [-0.2, -0.15) is 0 Å². The van der Waals surface area contributed by atoms with Gasteiger partial charge in [0.25, 0.3) is 0 Å².